The number of β-amino-alcohol motifs (C(OH)–C–C–N with tert-alkyl or cyclic N) is 1. The molecule has 2 rings (SSSR count). The number of carbonyl (C=O) groups excluding carboxylic acids is 1. The molecule has 110 valence electrons. The van der Waals surface area contributed by atoms with Crippen molar-refractivity contribution < 1.29 is 9.90 Å². The Morgan fingerprint density at radius 1 is 1.30 bits per heavy atom. The molecule has 1 heterocycles. The van der Waals surface area contributed by atoms with E-state index in [1.807, 2.05) is 32.3 Å². The van der Waals surface area contributed by atoms with Crippen molar-refractivity contribution in [2.75, 3.05) is 38.6 Å². The zero-order chi connectivity index (χ0) is 14.5. The first-order chi connectivity index (χ1) is 9.58. The van der Waals surface area contributed by atoms with E-state index in [4.69, 9.17) is 0 Å². The van der Waals surface area contributed by atoms with E-state index in [0.29, 0.717) is 19.5 Å². The van der Waals surface area contributed by atoms with Gasteiger partial charge in [-0.05, 0) is 18.6 Å². The topological polar surface area (TPSA) is 55.8 Å². The number of likely N-dealkylation sites (N-methyl/N-ethyl adjacent to an activating group) is 2. The molecule has 1 fully saturated rings. The van der Waals surface area contributed by atoms with Gasteiger partial charge in [0, 0.05) is 39.4 Å². The van der Waals surface area contributed by atoms with Gasteiger partial charge in [-0.25, -0.2) is 0 Å². The molecule has 0 bridgehead atoms. The molecule has 2 atom stereocenters. The van der Waals surface area contributed by atoms with Gasteiger partial charge in [-0.15, -0.1) is 0 Å². The number of aliphatic hydroxyl groups is 1. The van der Waals surface area contributed by atoms with Gasteiger partial charge in [-0.1, -0.05) is 18.2 Å². The highest BCUT2D eigenvalue weighted by Gasteiger charge is 2.29. The summed E-state index contributed by atoms with van der Waals surface area (Å²) in [4.78, 5) is 16.0. The lowest BCUT2D eigenvalue weighted by Crippen LogP contribution is -2.44. The quantitative estimate of drug-likeness (QED) is 0.813. The third-order valence-corrected chi connectivity index (χ3v) is 3.75. The molecule has 0 saturated carbocycles. The minimum absolute atomic E-state index is 0.0583. The highest BCUT2D eigenvalue weighted by atomic mass is 16.3. The van der Waals surface area contributed by atoms with E-state index >= 15 is 0 Å². The smallest absolute Gasteiger partial charge is 0.239 e. The van der Waals surface area contributed by atoms with Gasteiger partial charge in [0.1, 0.15) is 0 Å². The third-order valence-electron chi connectivity index (χ3n) is 3.75. The van der Waals surface area contributed by atoms with Gasteiger partial charge in [0.15, 0.2) is 0 Å². The van der Waals surface area contributed by atoms with Gasteiger partial charge in [0.2, 0.25) is 5.91 Å². The maximum absolute atomic E-state index is 12.2. The summed E-state index contributed by atoms with van der Waals surface area (Å²) >= 11 is 0. The summed E-state index contributed by atoms with van der Waals surface area (Å²) in [5.74, 6) is 0.0583. The molecule has 1 aromatic carbocycles. The number of amides is 1. The molecule has 2 unspecified atom stereocenters. The molecule has 5 heteroatoms. The van der Waals surface area contributed by atoms with Crippen molar-refractivity contribution in [3.8, 4) is 0 Å². The Labute approximate surface area is 120 Å². The van der Waals surface area contributed by atoms with E-state index in [-0.39, 0.29) is 11.9 Å². The molecule has 1 aliphatic heterocycles. The number of benzene rings is 1. The van der Waals surface area contributed by atoms with Gasteiger partial charge in [-0.2, -0.15) is 0 Å². The summed E-state index contributed by atoms with van der Waals surface area (Å²) in [6.45, 7) is 1.95. The largest absolute Gasteiger partial charge is 0.392 e. The minimum atomic E-state index is -0.399. The SMILES string of the molecule is CN(CCN(C)c1ccccc1)C(=O)C1CC(O)CN1. The Morgan fingerprint density at radius 3 is 2.60 bits per heavy atom. The Morgan fingerprint density at radius 2 is 2.00 bits per heavy atom. The second kappa shape index (κ2) is 6.72. The molecule has 1 saturated heterocycles. The van der Waals surface area contributed by atoms with Crippen LogP contribution in [-0.2, 0) is 4.79 Å². The Bertz CT molecular complexity index is 438. The monoisotopic (exact) mass is 277 g/mol. The zero-order valence-corrected chi connectivity index (χ0v) is 12.1. The summed E-state index contributed by atoms with van der Waals surface area (Å²) < 4.78 is 0. The fraction of sp³-hybridized carbons (Fsp3) is 0.533. The van der Waals surface area contributed by atoms with Crippen molar-refractivity contribution in [3.05, 3.63) is 30.3 Å². The van der Waals surface area contributed by atoms with Crippen molar-refractivity contribution in [1.29, 1.82) is 0 Å². The number of hydrogen-bond acceptors (Lipinski definition) is 4. The van der Waals surface area contributed by atoms with Crippen LogP contribution in [0.5, 0.6) is 0 Å². The molecular formula is C15H23N3O2. The van der Waals surface area contributed by atoms with E-state index in [9.17, 15) is 9.90 Å². The van der Waals surface area contributed by atoms with Crippen molar-refractivity contribution in [2.24, 2.45) is 0 Å². The first kappa shape index (κ1) is 14.8. The molecule has 1 aliphatic rings. The summed E-state index contributed by atoms with van der Waals surface area (Å²) in [5.41, 5.74) is 1.14. The van der Waals surface area contributed by atoms with E-state index in [1.54, 1.807) is 4.90 Å². The molecule has 2 N–H and O–H groups in total. The minimum Gasteiger partial charge on any atom is -0.392 e. The maximum atomic E-state index is 12.2. The van der Waals surface area contributed by atoms with Gasteiger partial charge >= 0.3 is 0 Å². The number of para-hydroxylation sites is 1. The standard InChI is InChI=1S/C15H23N3O2/c1-17(12-6-4-3-5-7-12)8-9-18(2)15(20)14-10-13(19)11-16-14/h3-7,13-14,16,19H,8-11H2,1-2H3. The summed E-state index contributed by atoms with van der Waals surface area (Å²) in [6, 6.07) is 9.86. The van der Waals surface area contributed by atoms with Gasteiger partial charge in [0.05, 0.1) is 12.1 Å². The van der Waals surface area contributed by atoms with Crippen LogP contribution in [0.15, 0.2) is 30.3 Å². The summed E-state index contributed by atoms with van der Waals surface area (Å²) in [6.07, 6.45) is 0.113. The van der Waals surface area contributed by atoms with Crippen LogP contribution in [0.2, 0.25) is 0 Å². The number of anilines is 1. The Hall–Kier alpha value is -1.59. The van der Waals surface area contributed by atoms with Gasteiger partial charge in [-0.3, -0.25) is 4.79 Å². The normalized spacial score (nSPS) is 21.8. The molecule has 20 heavy (non-hydrogen) atoms. The first-order valence-electron chi connectivity index (χ1n) is 7.00. The predicted molar refractivity (Wildman–Crippen MR) is 79.8 cm³/mol. The zero-order valence-electron chi connectivity index (χ0n) is 12.1. The third kappa shape index (κ3) is 3.71. The molecule has 0 aliphatic carbocycles. The fourth-order valence-corrected chi connectivity index (χ4v) is 2.39. The number of aliphatic hydroxyl groups excluding tert-OH is 1. The molecule has 0 radical (unpaired) electrons. The lowest BCUT2D eigenvalue weighted by Gasteiger charge is -2.25. The maximum Gasteiger partial charge on any atom is 0.239 e. The van der Waals surface area contributed by atoms with Crippen LogP contribution >= 0.6 is 0 Å². The average molecular weight is 277 g/mol. The second-order valence-electron chi connectivity index (χ2n) is 5.37. The van der Waals surface area contributed by atoms with Crippen LogP contribution in [0.25, 0.3) is 0 Å². The molecule has 5 nitrogen and oxygen atoms in total. The number of carbonyl (C=O) groups is 1. The average Bonchev–Trinajstić information content (AvgIpc) is 2.91. The van der Waals surface area contributed by atoms with E-state index < -0.39 is 6.10 Å². The molecule has 0 aromatic heterocycles. The highest BCUT2D eigenvalue weighted by Crippen LogP contribution is 2.11. The van der Waals surface area contributed by atoms with E-state index in [1.165, 1.54) is 0 Å². The van der Waals surface area contributed by atoms with Crippen LogP contribution in [0.4, 0.5) is 5.69 Å². The van der Waals surface area contributed by atoms with E-state index in [0.717, 1.165) is 12.2 Å². The fourth-order valence-electron chi connectivity index (χ4n) is 2.39. The predicted octanol–water partition coefficient (Wildman–Crippen LogP) is 0.304. The molecule has 1 aromatic rings. The van der Waals surface area contributed by atoms with Crippen LogP contribution < -0.4 is 10.2 Å². The summed E-state index contributed by atoms with van der Waals surface area (Å²) in [5, 5.41) is 12.5. The lowest BCUT2D eigenvalue weighted by molar-refractivity contribution is -0.131. The number of nitrogens with zero attached hydrogens (tertiary/aromatic N) is 2. The van der Waals surface area contributed by atoms with Crippen LogP contribution in [0.1, 0.15) is 6.42 Å². The Balaban J connectivity index is 1.80. The second-order valence-corrected chi connectivity index (χ2v) is 5.37. The van der Waals surface area contributed by atoms with Crippen molar-refractivity contribution in [2.45, 2.75) is 18.6 Å². The molecular weight excluding hydrogens is 254 g/mol. The first-order valence-corrected chi connectivity index (χ1v) is 7.00. The lowest BCUT2D eigenvalue weighted by atomic mass is 10.2. The van der Waals surface area contributed by atoms with Crippen LogP contribution in [-0.4, -0.2) is 61.8 Å². The highest BCUT2D eigenvalue weighted by molar-refractivity contribution is 5.82. The number of rotatable bonds is 5. The van der Waals surface area contributed by atoms with Crippen LogP contribution in [0.3, 0.4) is 0 Å². The Kier molecular flexibility index (Phi) is 4.98. The van der Waals surface area contributed by atoms with Crippen molar-refractivity contribution >= 4 is 11.6 Å². The molecule has 0 spiro atoms. The van der Waals surface area contributed by atoms with Gasteiger partial charge < -0.3 is 20.2 Å². The number of nitrogens with one attached hydrogen (secondary N) is 1. The summed E-state index contributed by atoms with van der Waals surface area (Å²) in [7, 11) is 3.83. The van der Waals surface area contributed by atoms with Crippen molar-refractivity contribution in [1.82, 2.24) is 10.2 Å². The van der Waals surface area contributed by atoms with Crippen LogP contribution in [0, 0.1) is 0 Å². The van der Waals surface area contributed by atoms with E-state index in [2.05, 4.69) is 22.3 Å². The number of hydrogen-bond donors (Lipinski definition) is 2. The van der Waals surface area contributed by atoms with Crippen molar-refractivity contribution in [3.63, 3.8) is 0 Å². The van der Waals surface area contributed by atoms with Gasteiger partial charge in [0.25, 0.3) is 0 Å². The molecule has 1 amide bonds.